The van der Waals surface area contributed by atoms with Crippen molar-refractivity contribution >= 4 is 0 Å². The summed E-state index contributed by atoms with van der Waals surface area (Å²) in [7, 11) is 0. The van der Waals surface area contributed by atoms with Crippen molar-refractivity contribution in [2.75, 3.05) is 13.1 Å². The number of hydrogen-bond donors (Lipinski definition) is 0. The molecule has 118 valence electrons. The largest absolute Gasteiger partial charge is 0.444 e. The number of oxazole rings is 1. The van der Waals surface area contributed by atoms with Gasteiger partial charge in [-0.05, 0) is 46.1 Å². The van der Waals surface area contributed by atoms with Crippen LogP contribution in [0.5, 0.6) is 0 Å². The molecule has 0 N–H and O–H groups in total. The van der Waals surface area contributed by atoms with Gasteiger partial charge in [0.05, 0.1) is 12.2 Å². The van der Waals surface area contributed by atoms with Crippen LogP contribution in [0.2, 0.25) is 0 Å². The summed E-state index contributed by atoms with van der Waals surface area (Å²) >= 11 is 0. The lowest BCUT2D eigenvalue weighted by Gasteiger charge is -2.30. The van der Waals surface area contributed by atoms with Crippen LogP contribution in [0.3, 0.4) is 0 Å². The number of piperidine rings is 1. The maximum absolute atomic E-state index is 5.70. The summed E-state index contributed by atoms with van der Waals surface area (Å²) in [5.74, 6) is 4.33. The minimum atomic E-state index is 0.363. The fraction of sp³-hybridized carbons (Fsp3) is 0.688. The molecule has 2 aromatic rings. The second-order valence-electron chi connectivity index (χ2n) is 6.59. The molecule has 1 aliphatic heterocycles. The highest BCUT2D eigenvalue weighted by molar-refractivity contribution is 5.07. The van der Waals surface area contributed by atoms with E-state index in [0.29, 0.717) is 11.8 Å². The van der Waals surface area contributed by atoms with Gasteiger partial charge in [-0.3, -0.25) is 4.90 Å². The molecule has 2 aliphatic rings. The van der Waals surface area contributed by atoms with E-state index in [-0.39, 0.29) is 0 Å². The molecule has 2 aromatic heterocycles. The molecule has 0 spiro atoms. The van der Waals surface area contributed by atoms with E-state index in [0.717, 1.165) is 61.5 Å². The van der Waals surface area contributed by atoms with Crippen LogP contribution in [-0.4, -0.2) is 33.1 Å². The molecule has 2 fully saturated rings. The Hall–Kier alpha value is -1.69. The van der Waals surface area contributed by atoms with Gasteiger partial charge in [-0.25, -0.2) is 4.98 Å². The van der Waals surface area contributed by atoms with Gasteiger partial charge in [0, 0.05) is 18.4 Å². The Bertz CT molecular complexity index is 639. The van der Waals surface area contributed by atoms with Crippen LogP contribution in [0.15, 0.2) is 8.94 Å². The lowest BCUT2D eigenvalue weighted by molar-refractivity contribution is 0.178. The van der Waals surface area contributed by atoms with Crippen LogP contribution in [-0.2, 0) is 6.54 Å². The monoisotopic (exact) mass is 302 g/mol. The first-order valence-electron chi connectivity index (χ1n) is 8.18. The third-order valence-electron chi connectivity index (χ3n) is 4.69. The summed E-state index contributed by atoms with van der Waals surface area (Å²) in [6, 6.07) is 0. The molecular weight excluding hydrogens is 280 g/mol. The average molecular weight is 302 g/mol. The molecule has 4 rings (SSSR count). The number of aryl methyl sites for hydroxylation is 2. The summed E-state index contributed by atoms with van der Waals surface area (Å²) in [6.45, 7) is 6.73. The van der Waals surface area contributed by atoms with Crippen molar-refractivity contribution in [2.24, 2.45) is 0 Å². The molecule has 1 saturated heterocycles. The molecule has 6 nitrogen and oxygen atoms in total. The smallest absolute Gasteiger partial charge is 0.229 e. The Kier molecular flexibility index (Phi) is 3.48. The Morgan fingerprint density at radius 1 is 1.14 bits per heavy atom. The zero-order chi connectivity index (χ0) is 15.1. The summed E-state index contributed by atoms with van der Waals surface area (Å²) in [5, 5.41) is 4.21. The molecule has 6 heteroatoms. The maximum Gasteiger partial charge on any atom is 0.229 e. The van der Waals surface area contributed by atoms with E-state index in [1.165, 1.54) is 12.8 Å². The Labute approximate surface area is 129 Å². The van der Waals surface area contributed by atoms with Crippen molar-refractivity contribution in [3.63, 3.8) is 0 Å². The van der Waals surface area contributed by atoms with E-state index >= 15 is 0 Å². The van der Waals surface area contributed by atoms with E-state index in [4.69, 9.17) is 8.94 Å². The van der Waals surface area contributed by atoms with Gasteiger partial charge in [0.25, 0.3) is 0 Å². The van der Waals surface area contributed by atoms with Crippen LogP contribution >= 0.6 is 0 Å². The highest BCUT2D eigenvalue weighted by atomic mass is 16.5. The third-order valence-corrected chi connectivity index (χ3v) is 4.69. The van der Waals surface area contributed by atoms with Crippen LogP contribution in [0, 0.1) is 13.8 Å². The van der Waals surface area contributed by atoms with Crippen molar-refractivity contribution in [2.45, 2.75) is 57.9 Å². The number of hydrogen-bond acceptors (Lipinski definition) is 6. The first kappa shape index (κ1) is 13.9. The average Bonchev–Trinajstić information content (AvgIpc) is 3.15. The molecule has 22 heavy (non-hydrogen) atoms. The van der Waals surface area contributed by atoms with Gasteiger partial charge in [0.1, 0.15) is 5.76 Å². The van der Waals surface area contributed by atoms with Gasteiger partial charge in [0.2, 0.25) is 11.8 Å². The topological polar surface area (TPSA) is 68.2 Å². The van der Waals surface area contributed by atoms with Crippen molar-refractivity contribution in [1.29, 1.82) is 0 Å². The van der Waals surface area contributed by atoms with Crippen molar-refractivity contribution < 1.29 is 8.94 Å². The number of likely N-dealkylation sites (tertiary alicyclic amines) is 1. The van der Waals surface area contributed by atoms with Crippen molar-refractivity contribution in [3.05, 3.63) is 29.1 Å². The molecule has 0 amide bonds. The Morgan fingerprint density at radius 3 is 2.73 bits per heavy atom. The summed E-state index contributed by atoms with van der Waals surface area (Å²) in [6.07, 6.45) is 4.67. The van der Waals surface area contributed by atoms with Gasteiger partial charge in [-0.15, -0.1) is 0 Å². The van der Waals surface area contributed by atoms with E-state index in [1.807, 2.05) is 13.8 Å². The molecule has 1 atom stereocenters. The summed E-state index contributed by atoms with van der Waals surface area (Å²) in [5.41, 5.74) is 0.982. The SMILES string of the molecule is Cc1nc(CN2CCC[C@H](c3noc(C4CC4)n3)C2)oc1C. The van der Waals surface area contributed by atoms with Crippen LogP contribution in [0.4, 0.5) is 0 Å². The molecule has 0 radical (unpaired) electrons. The second-order valence-corrected chi connectivity index (χ2v) is 6.59. The standard InChI is InChI=1S/C16H22N4O2/c1-10-11(2)21-14(17-10)9-20-7-3-4-13(8-20)15-18-16(22-19-15)12-5-6-12/h12-13H,3-9H2,1-2H3/t13-/m0/s1. The second kappa shape index (κ2) is 5.50. The molecular formula is C16H22N4O2. The van der Waals surface area contributed by atoms with E-state index < -0.39 is 0 Å². The maximum atomic E-state index is 5.70. The van der Waals surface area contributed by atoms with Gasteiger partial charge < -0.3 is 8.94 Å². The van der Waals surface area contributed by atoms with Crippen LogP contribution in [0.25, 0.3) is 0 Å². The number of nitrogens with zero attached hydrogens (tertiary/aromatic N) is 4. The molecule has 3 heterocycles. The molecule has 0 bridgehead atoms. The Morgan fingerprint density at radius 2 is 2.00 bits per heavy atom. The van der Waals surface area contributed by atoms with Gasteiger partial charge >= 0.3 is 0 Å². The van der Waals surface area contributed by atoms with E-state index in [1.54, 1.807) is 0 Å². The first-order chi connectivity index (χ1) is 10.7. The molecule has 0 aromatic carbocycles. The minimum Gasteiger partial charge on any atom is -0.444 e. The normalized spacial score (nSPS) is 23.1. The number of rotatable bonds is 4. The summed E-state index contributed by atoms with van der Waals surface area (Å²) < 4.78 is 11.1. The highest BCUT2D eigenvalue weighted by Gasteiger charge is 2.32. The Balaban J connectivity index is 1.42. The zero-order valence-electron chi connectivity index (χ0n) is 13.2. The number of aromatic nitrogens is 3. The van der Waals surface area contributed by atoms with E-state index in [2.05, 4.69) is 20.0 Å². The fourth-order valence-electron chi connectivity index (χ4n) is 3.12. The lowest BCUT2D eigenvalue weighted by Crippen LogP contribution is -2.34. The summed E-state index contributed by atoms with van der Waals surface area (Å²) in [4.78, 5) is 11.5. The fourth-order valence-corrected chi connectivity index (χ4v) is 3.12. The predicted molar refractivity (Wildman–Crippen MR) is 79.5 cm³/mol. The quantitative estimate of drug-likeness (QED) is 0.865. The van der Waals surface area contributed by atoms with Gasteiger partial charge in [-0.1, -0.05) is 5.16 Å². The van der Waals surface area contributed by atoms with Crippen molar-refractivity contribution in [3.8, 4) is 0 Å². The zero-order valence-corrected chi connectivity index (χ0v) is 13.2. The molecule has 1 aliphatic carbocycles. The lowest BCUT2D eigenvalue weighted by atomic mass is 9.97. The molecule has 0 unspecified atom stereocenters. The third kappa shape index (κ3) is 2.79. The highest BCUT2D eigenvalue weighted by Crippen LogP contribution is 2.39. The first-order valence-corrected chi connectivity index (χ1v) is 8.18. The van der Waals surface area contributed by atoms with Crippen LogP contribution in [0.1, 0.15) is 66.6 Å². The van der Waals surface area contributed by atoms with Gasteiger partial charge in [0.15, 0.2) is 5.82 Å². The minimum absolute atomic E-state index is 0.363. The molecule has 1 saturated carbocycles. The van der Waals surface area contributed by atoms with Crippen molar-refractivity contribution in [1.82, 2.24) is 20.0 Å². The predicted octanol–water partition coefficient (Wildman–Crippen LogP) is 2.93. The van der Waals surface area contributed by atoms with E-state index in [9.17, 15) is 0 Å². The van der Waals surface area contributed by atoms with Crippen LogP contribution < -0.4 is 0 Å². The van der Waals surface area contributed by atoms with Gasteiger partial charge in [-0.2, -0.15) is 4.98 Å².